The van der Waals surface area contributed by atoms with Gasteiger partial charge in [0.05, 0.1) is 9.92 Å². The van der Waals surface area contributed by atoms with Crippen molar-refractivity contribution >= 4 is 21.6 Å². The second-order valence-corrected chi connectivity index (χ2v) is 4.75. The number of nitrogens with one attached hydrogen (secondary N) is 1. The van der Waals surface area contributed by atoms with Crippen LogP contribution in [0.3, 0.4) is 0 Å². The summed E-state index contributed by atoms with van der Waals surface area (Å²) in [5, 5.41) is -0.0968. The summed E-state index contributed by atoms with van der Waals surface area (Å²) in [5.41, 5.74) is 0. The van der Waals surface area contributed by atoms with Crippen LogP contribution in [-0.2, 0) is 10.0 Å². The molecule has 0 radical (unpaired) electrons. The topological polar surface area (TPSA) is 46.2 Å². The zero-order chi connectivity index (χ0) is 10.8. The average molecular weight is 238 g/mol. The molecule has 0 aromatic heterocycles. The van der Waals surface area contributed by atoms with Crippen LogP contribution < -0.4 is 4.72 Å². The molecule has 1 N–H and O–H groups in total. The van der Waals surface area contributed by atoms with Crippen molar-refractivity contribution in [1.82, 2.24) is 4.72 Å². The molecule has 0 atom stereocenters. The summed E-state index contributed by atoms with van der Waals surface area (Å²) in [7, 11) is -3.60. The predicted octanol–water partition coefficient (Wildman–Crippen LogP) is 1.78. The summed E-state index contributed by atoms with van der Waals surface area (Å²) in [6, 6.07) is 3.35. The lowest BCUT2D eigenvalue weighted by atomic mass is 10.3. The van der Waals surface area contributed by atoms with Gasteiger partial charge in [-0.15, -0.1) is 0 Å². The van der Waals surface area contributed by atoms with E-state index in [9.17, 15) is 12.8 Å². The summed E-state index contributed by atoms with van der Waals surface area (Å²) in [6.07, 6.45) is 0. The molecule has 0 saturated carbocycles. The average Bonchev–Trinajstić information content (AvgIpc) is 2.09. The third-order valence-electron chi connectivity index (χ3n) is 1.54. The maximum atomic E-state index is 12.9. The first-order valence-electron chi connectivity index (χ1n) is 3.92. The van der Waals surface area contributed by atoms with Gasteiger partial charge in [-0.1, -0.05) is 18.5 Å². The van der Waals surface area contributed by atoms with Crippen LogP contribution in [0.25, 0.3) is 0 Å². The fraction of sp³-hybridized carbons (Fsp3) is 0.250. The Kier molecular flexibility index (Phi) is 3.47. The van der Waals surface area contributed by atoms with Gasteiger partial charge in [0.15, 0.2) is 0 Å². The molecule has 0 spiro atoms. The number of rotatable bonds is 3. The molecule has 0 aliphatic heterocycles. The second-order valence-electron chi connectivity index (χ2n) is 2.58. The highest BCUT2D eigenvalue weighted by Crippen LogP contribution is 2.18. The van der Waals surface area contributed by atoms with E-state index < -0.39 is 15.8 Å². The summed E-state index contributed by atoms with van der Waals surface area (Å²) >= 11 is 5.42. The van der Waals surface area contributed by atoms with Crippen molar-refractivity contribution in [1.29, 1.82) is 0 Å². The lowest BCUT2D eigenvalue weighted by molar-refractivity contribution is 0.580. The van der Waals surface area contributed by atoms with Crippen LogP contribution in [-0.4, -0.2) is 15.0 Å². The molecule has 0 heterocycles. The standard InChI is InChI=1S/C8H9ClFNO2S/c1-2-11-14(12,13)6-3-4-7(9)8(10)5-6/h3-5,11H,2H2,1H3. The molecule has 6 heteroatoms. The molecule has 1 aromatic carbocycles. The van der Waals surface area contributed by atoms with Crippen molar-refractivity contribution in [2.75, 3.05) is 6.54 Å². The SMILES string of the molecule is CCNS(=O)(=O)c1ccc(Cl)c(F)c1. The van der Waals surface area contributed by atoms with Crippen LogP contribution >= 0.6 is 11.6 Å². The van der Waals surface area contributed by atoms with Crippen LogP contribution in [0.1, 0.15) is 6.92 Å². The van der Waals surface area contributed by atoms with Gasteiger partial charge in [0.1, 0.15) is 5.82 Å². The summed E-state index contributed by atoms with van der Waals surface area (Å²) in [4.78, 5) is -0.124. The number of benzene rings is 1. The highest BCUT2D eigenvalue weighted by molar-refractivity contribution is 7.89. The zero-order valence-electron chi connectivity index (χ0n) is 7.42. The Morgan fingerprint density at radius 2 is 2.14 bits per heavy atom. The van der Waals surface area contributed by atoms with E-state index in [-0.39, 0.29) is 16.5 Å². The zero-order valence-corrected chi connectivity index (χ0v) is 8.99. The van der Waals surface area contributed by atoms with E-state index in [0.717, 1.165) is 6.07 Å². The Hall–Kier alpha value is -0.650. The van der Waals surface area contributed by atoms with Crippen LogP contribution in [0.2, 0.25) is 5.02 Å². The van der Waals surface area contributed by atoms with E-state index in [2.05, 4.69) is 4.72 Å². The molecule has 0 fully saturated rings. The van der Waals surface area contributed by atoms with Gasteiger partial charge in [-0.05, 0) is 18.2 Å². The predicted molar refractivity (Wildman–Crippen MR) is 52.3 cm³/mol. The fourth-order valence-electron chi connectivity index (χ4n) is 0.917. The quantitative estimate of drug-likeness (QED) is 0.871. The van der Waals surface area contributed by atoms with Crippen LogP contribution in [0.4, 0.5) is 4.39 Å². The van der Waals surface area contributed by atoms with Crippen LogP contribution in [0, 0.1) is 5.82 Å². The van der Waals surface area contributed by atoms with E-state index in [1.807, 2.05) is 0 Å². The van der Waals surface area contributed by atoms with E-state index in [1.54, 1.807) is 6.92 Å². The fourth-order valence-corrected chi connectivity index (χ4v) is 2.09. The molecule has 0 aliphatic carbocycles. The minimum Gasteiger partial charge on any atom is -0.211 e. The lowest BCUT2D eigenvalue weighted by Crippen LogP contribution is -2.23. The van der Waals surface area contributed by atoms with Crippen molar-refractivity contribution in [3.8, 4) is 0 Å². The van der Waals surface area contributed by atoms with Crippen molar-refractivity contribution in [3.05, 3.63) is 29.0 Å². The van der Waals surface area contributed by atoms with Gasteiger partial charge >= 0.3 is 0 Å². The normalized spacial score (nSPS) is 11.6. The van der Waals surface area contributed by atoms with Gasteiger partial charge in [0, 0.05) is 6.54 Å². The maximum absolute atomic E-state index is 12.9. The highest BCUT2D eigenvalue weighted by atomic mass is 35.5. The van der Waals surface area contributed by atoms with E-state index in [0.29, 0.717) is 0 Å². The smallest absolute Gasteiger partial charge is 0.211 e. The van der Waals surface area contributed by atoms with E-state index in [4.69, 9.17) is 11.6 Å². The number of halogens is 2. The molecular weight excluding hydrogens is 229 g/mol. The first kappa shape index (κ1) is 11.4. The monoisotopic (exact) mass is 237 g/mol. The number of hydrogen-bond acceptors (Lipinski definition) is 2. The molecule has 78 valence electrons. The van der Waals surface area contributed by atoms with Gasteiger partial charge in [-0.2, -0.15) is 0 Å². The van der Waals surface area contributed by atoms with Crippen LogP contribution in [0.5, 0.6) is 0 Å². The van der Waals surface area contributed by atoms with Crippen molar-refractivity contribution in [2.45, 2.75) is 11.8 Å². The van der Waals surface area contributed by atoms with Gasteiger partial charge in [0.25, 0.3) is 0 Å². The Balaban J connectivity index is 3.15. The Morgan fingerprint density at radius 3 is 2.64 bits per heavy atom. The first-order valence-corrected chi connectivity index (χ1v) is 5.78. The van der Waals surface area contributed by atoms with Gasteiger partial charge < -0.3 is 0 Å². The molecule has 0 amide bonds. The number of sulfonamides is 1. The molecule has 3 nitrogen and oxygen atoms in total. The number of hydrogen-bond donors (Lipinski definition) is 1. The third-order valence-corrected chi connectivity index (χ3v) is 3.39. The molecule has 0 saturated heterocycles. The molecule has 1 aromatic rings. The maximum Gasteiger partial charge on any atom is 0.240 e. The molecule has 0 unspecified atom stereocenters. The lowest BCUT2D eigenvalue weighted by Gasteiger charge is -2.04. The van der Waals surface area contributed by atoms with Crippen molar-refractivity contribution in [3.63, 3.8) is 0 Å². The van der Waals surface area contributed by atoms with Crippen molar-refractivity contribution < 1.29 is 12.8 Å². The summed E-state index contributed by atoms with van der Waals surface area (Å²) in [6.45, 7) is 1.90. The second kappa shape index (κ2) is 4.25. The molecule has 14 heavy (non-hydrogen) atoms. The van der Waals surface area contributed by atoms with Crippen LogP contribution in [0.15, 0.2) is 23.1 Å². The molecule has 0 aliphatic rings. The van der Waals surface area contributed by atoms with Gasteiger partial charge in [-0.3, -0.25) is 0 Å². The third kappa shape index (κ3) is 2.43. The molecular formula is C8H9ClFNO2S. The molecule has 1 rings (SSSR count). The van der Waals surface area contributed by atoms with Gasteiger partial charge in [-0.25, -0.2) is 17.5 Å². The minimum absolute atomic E-state index is 0.0968. The summed E-state index contributed by atoms with van der Waals surface area (Å²) in [5.74, 6) is -0.745. The Bertz CT molecular complexity index is 433. The highest BCUT2D eigenvalue weighted by Gasteiger charge is 2.14. The van der Waals surface area contributed by atoms with E-state index >= 15 is 0 Å². The minimum atomic E-state index is -3.60. The van der Waals surface area contributed by atoms with Crippen molar-refractivity contribution in [2.24, 2.45) is 0 Å². The van der Waals surface area contributed by atoms with Gasteiger partial charge in [0.2, 0.25) is 10.0 Å². The Morgan fingerprint density at radius 1 is 1.50 bits per heavy atom. The summed E-state index contributed by atoms with van der Waals surface area (Å²) < 4.78 is 37.9. The largest absolute Gasteiger partial charge is 0.240 e. The molecule has 0 bridgehead atoms. The Labute approximate surface area is 86.9 Å². The van der Waals surface area contributed by atoms with E-state index in [1.165, 1.54) is 12.1 Å². The first-order chi connectivity index (χ1) is 6.47.